The number of Topliss-reactive ketones (excluding diaryl/α,β-unsaturated/α-hetero) is 2. The summed E-state index contributed by atoms with van der Waals surface area (Å²) in [5.41, 5.74) is 0.988. The van der Waals surface area contributed by atoms with Gasteiger partial charge in [-0.3, -0.25) is 9.59 Å². The van der Waals surface area contributed by atoms with E-state index in [0.29, 0.717) is 4.88 Å². The smallest absolute Gasteiger partial charge is 0.374 e. The van der Waals surface area contributed by atoms with Crippen molar-refractivity contribution in [3.8, 4) is 10.4 Å². The molecule has 0 saturated carbocycles. The number of carbonyl (C=O) groups excluding carboxylic acids is 3. The SMILES string of the molecule is COC(=O)C(=O)CC(=O)c1ccc(-c2ccc(Br)cc2)s1. The van der Waals surface area contributed by atoms with Crippen LogP contribution in [0.15, 0.2) is 40.9 Å². The Bertz CT molecular complexity index is 688. The first kappa shape index (κ1) is 15.6. The number of carbonyl (C=O) groups is 3. The Labute approximate surface area is 133 Å². The van der Waals surface area contributed by atoms with Gasteiger partial charge in [0.15, 0.2) is 5.78 Å². The maximum absolute atomic E-state index is 11.9. The maximum Gasteiger partial charge on any atom is 0.374 e. The molecule has 0 unspecified atom stereocenters. The molecule has 0 spiro atoms. The number of thiophene rings is 1. The first-order valence-corrected chi connectivity index (χ1v) is 7.62. The highest BCUT2D eigenvalue weighted by molar-refractivity contribution is 9.10. The lowest BCUT2D eigenvalue weighted by Gasteiger charge is -1.98. The summed E-state index contributed by atoms with van der Waals surface area (Å²) in [5, 5.41) is 0. The number of ether oxygens (including phenoxy) is 1. The minimum absolute atomic E-state index is 0.376. The number of rotatable bonds is 5. The number of esters is 1. The number of ketones is 2. The molecule has 0 aliphatic heterocycles. The topological polar surface area (TPSA) is 60.4 Å². The molecule has 0 bridgehead atoms. The van der Waals surface area contributed by atoms with Crippen molar-refractivity contribution in [3.63, 3.8) is 0 Å². The molecule has 0 fully saturated rings. The van der Waals surface area contributed by atoms with Crippen molar-refractivity contribution in [2.45, 2.75) is 6.42 Å². The predicted molar refractivity (Wildman–Crippen MR) is 83.4 cm³/mol. The highest BCUT2D eigenvalue weighted by Crippen LogP contribution is 2.29. The lowest BCUT2D eigenvalue weighted by atomic mass is 10.1. The lowest BCUT2D eigenvalue weighted by molar-refractivity contribution is -0.151. The predicted octanol–water partition coefficient (Wildman–Crippen LogP) is 3.49. The first-order valence-electron chi connectivity index (χ1n) is 6.01. The number of hydrogen-bond acceptors (Lipinski definition) is 5. The molecule has 0 aliphatic carbocycles. The third kappa shape index (κ3) is 3.86. The monoisotopic (exact) mass is 366 g/mol. The van der Waals surface area contributed by atoms with Crippen molar-refractivity contribution in [3.05, 3.63) is 45.7 Å². The normalized spacial score (nSPS) is 10.2. The van der Waals surface area contributed by atoms with Crippen LogP contribution in [0.5, 0.6) is 0 Å². The molecule has 0 saturated heterocycles. The van der Waals surface area contributed by atoms with Crippen molar-refractivity contribution in [1.29, 1.82) is 0 Å². The first-order chi connectivity index (χ1) is 10.0. The van der Waals surface area contributed by atoms with E-state index in [1.54, 1.807) is 6.07 Å². The second-order valence-corrected chi connectivity index (χ2v) is 6.18. The summed E-state index contributed by atoms with van der Waals surface area (Å²) in [6.07, 6.45) is -0.465. The summed E-state index contributed by atoms with van der Waals surface area (Å²) >= 11 is 4.65. The van der Waals surface area contributed by atoms with Gasteiger partial charge in [0, 0.05) is 9.35 Å². The fourth-order valence-electron chi connectivity index (χ4n) is 1.68. The quantitative estimate of drug-likeness (QED) is 0.351. The molecule has 0 aliphatic rings. The van der Waals surface area contributed by atoms with Gasteiger partial charge in [-0.05, 0) is 29.8 Å². The van der Waals surface area contributed by atoms with E-state index in [0.717, 1.165) is 22.0 Å². The van der Waals surface area contributed by atoms with E-state index < -0.39 is 18.2 Å². The average molecular weight is 367 g/mol. The molecule has 1 aromatic carbocycles. The second-order valence-electron chi connectivity index (χ2n) is 4.19. The van der Waals surface area contributed by atoms with Gasteiger partial charge in [0.25, 0.3) is 0 Å². The number of benzene rings is 1. The summed E-state index contributed by atoms with van der Waals surface area (Å²) in [7, 11) is 1.11. The van der Waals surface area contributed by atoms with E-state index in [1.807, 2.05) is 30.3 Å². The Balaban J connectivity index is 2.12. The second kappa shape index (κ2) is 6.78. The molecule has 2 rings (SSSR count). The van der Waals surface area contributed by atoms with Crippen LogP contribution in [0.4, 0.5) is 0 Å². The standard InChI is InChI=1S/C15H11BrO4S/c1-20-15(19)12(18)8-11(17)14-7-6-13(21-14)9-2-4-10(16)5-3-9/h2-7H,8H2,1H3. The van der Waals surface area contributed by atoms with E-state index in [-0.39, 0.29) is 5.78 Å². The molecule has 0 atom stereocenters. The van der Waals surface area contributed by atoms with Crippen LogP contribution in [-0.2, 0) is 14.3 Å². The van der Waals surface area contributed by atoms with Gasteiger partial charge in [0.05, 0.1) is 18.4 Å². The molecule has 6 heteroatoms. The number of methoxy groups -OCH3 is 1. The van der Waals surface area contributed by atoms with E-state index in [1.165, 1.54) is 11.3 Å². The third-order valence-electron chi connectivity index (χ3n) is 2.74. The van der Waals surface area contributed by atoms with Gasteiger partial charge in [-0.1, -0.05) is 28.1 Å². The number of hydrogen-bond donors (Lipinski definition) is 0. The molecule has 4 nitrogen and oxygen atoms in total. The van der Waals surface area contributed by atoms with Gasteiger partial charge >= 0.3 is 5.97 Å². The maximum atomic E-state index is 11.9. The van der Waals surface area contributed by atoms with Gasteiger partial charge in [-0.2, -0.15) is 0 Å². The summed E-state index contributed by atoms with van der Waals surface area (Å²) < 4.78 is 5.27. The molecule has 0 radical (unpaired) electrons. The Hall–Kier alpha value is -1.79. The summed E-state index contributed by atoms with van der Waals surface area (Å²) in [6, 6.07) is 11.2. The fraction of sp³-hybridized carbons (Fsp3) is 0.133. The number of halogens is 1. The van der Waals surface area contributed by atoms with Crippen LogP contribution in [0, 0.1) is 0 Å². The highest BCUT2D eigenvalue weighted by atomic mass is 79.9. The van der Waals surface area contributed by atoms with Crippen molar-refractivity contribution < 1.29 is 19.1 Å². The Morgan fingerprint density at radius 2 is 1.76 bits per heavy atom. The summed E-state index contributed by atoms with van der Waals surface area (Å²) in [6.45, 7) is 0. The minimum Gasteiger partial charge on any atom is -0.463 e. The van der Waals surface area contributed by atoms with Crippen molar-refractivity contribution in [1.82, 2.24) is 0 Å². The van der Waals surface area contributed by atoms with Crippen LogP contribution >= 0.6 is 27.3 Å². The van der Waals surface area contributed by atoms with E-state index in [2.05, 4.69) is 20.7 Å². The molecule has 1 aromatic heterocycles. The Morgan fingerprint density at radius 1 is 1.10 bits per heavy atom. The van der Waals surface area contributed by atoms with E-state index in [4.69, 9.17) is 0 Å². The Kier molecular flexibility index (Phi) is 5.03. The highest BCUT2D eigenvalue weighted by Gasteiger charge is 2.20. The molecule has 1 heterocycles. The van der Waals surface area contributed by atoms with Gasteiger partial charge in [0.2, 0.25) is 5.78 Å². The van der Waals surface area contributed by atoms with Crippen LogP contribution in [0.3, 0.4) is 0 Å². The van der Waals surface area contributed by atoms with E-state index >= 15 is 0 Å². The van der Waals surface area contributed by atoms with Crippen molar-refractivity contribution in [2.75, 3.05) is 7.11 Å². The summed E-state index contributed by atoms with van der Waals surface area (Å²) in [5.74, 6) is -2.20. The zero-order chi connectivity index (χ0) is 15.4. The molecule has 21 heavy (non-hydrogen) atoms. The Morgan fingerprint density at radius 3 is 2.38 bits per heavy atom. The molecule has 2 aromatic rings. The van der Waals surface area contributed by atoms with Gasteiger partial charge < -0.3 is 4.74 Å². The van der Waals surface area contributed by atoms with E-state index in [9.17, 15) is 14.4 Å². The molecule has 0 N–H and O–H groups in total. The average Bonchev–Trinajstić information content (AvgIpc) is 2.97. The largest absolute Gasteiger partial charge is 0.463 e. The van der Waals surface area contributed by atoms with Crippen LogP contribution in [0.1, 0.15) is 16.1 Å². The van der Waals surface area contributed by atoms with Crippen LogP contribution < -0.4 is 0 Å². The van der Waals surface area contributed by atoms with Gasteiger partial charge in [-0.15, -0.1) is 11.3 Å². The van der Waals surface area contributed by atoms with Crippen molar-refractivity contribution >= 4 is 44.8 Å². The summed E-state index contributed by atoms with van der Waals surface area (Å²) in [4.78, 5) is 35.7. The molecule has 108 valence electrons. The fourth-order valence-corrected chi connectivity index (χ4v) is 2.89. The molecular weight excluding hydrogens is 356 g/mol. The van der Waals surface area contributed by atoms with Crippen LogP contribution in [-0.4, -0.2) is 24.6 Å². The minimum atomic E-state index is -0.993. The van der Waals surface area contributed by atoms with Crippen LogP contribution in [0.2, 0.25) is 0 Å². The zero-order valence-corrected chi connectivity index (χ0v) is 13.5. The lowest BCUT2D eigenvalue weighted by Crippen LogP contribution is -2.18. The van der Waals surface area contributed by atoms with Crippen LogP contribution in [0.25, 0.3) is 10.4 Å². The zero-order valence-electron chi connectivity index (χ0n) is 11.1. The van der Waals surface area contributed by atoms with Crippen molar-refractivity contribution in [2.24, 2.45) is 0 Å². The molecule has 0 amide bonds. The van der Waals surface area contributed by atoms with Gasteiger partial charge in [-0.25, -0.2) is 4.79 Å². The van der Waals surface area contributed by atoms with Gasteiger partial charge in [0.1, 0.15) is 0 Å². The third-order valence-corrected chi connectivity index (χ3v) is 4.45. The molecular formula is C15H11BrO4S.